The highest BCUT2D eigenvalue weighted by Gasteiger charge is 2.32. The van der Waals surface area contributed by atoms with E-state index in [0.29, 0.717) is 5.56 Å². The van der Waals surface area contributed by atoms with Gasteiger partial charge >= 0.3 is 6.18 Å². The Morgan fingerprint density at radius 3 is 2.38 bits per heavy atom. The fraction of sp³-hybridized carbons (Fsp3) is 0.188. The Bertz CT molecular complexity index is 618. The van der Waals surface area contributed by atoms with Crippen LogP contribution in [0.15, 0.2) is 53.7 Å². The van der Waals surface area contributed by atoms with Gasteiger partial charge in [-0.25, -0.2) is 0 Å². The molecule has 0 N–H and O–H groups in total. The fourth-order valence-corrected chi connectivity index (χ4v) is 1.74. The molecule has 2 aromatic carbocycles. The summed E-state index contributed by atoms with van der Waals surface area (Å²) < 4.78 is 38.3. The van der Waals surface area contributed by atoms with Gasteiger partial charge in [-0.3, -0.25) is 0 Å². The van der Waals surface area contributed by atoms with Crippen molar-refractivity contribution in [3.8, 4) is 0 Å². The third kappa shape index (κ3) is 4.34. The van der Waals surface area contributed by atoms with Crippen LogP contribution >= 0.6 is 0 Å². The van der Waals surface area contributed by atoms with E-state index in [1.807, 2.05) is 19.1 Å². The molecular formula is C16H13F3NO. The van der Waals surface area contributed by atoms with Crippen LogP contribution in [0, 0.1) is 6.92 Å². The number of aryl methyl sites for hydroxylation is 1. The lowest BCUT2D eigenvalue weighted by molar-refractivity contribution is -0.138. The van der Waals surface area contributed by atoms with E-state index < -0.39 is 11.7 Å². The lowest BCUT2D eigenvalue weighted by Crippen LogP contribution is -2.09. The first-order valence-corrected chi connectivity index (χ1v) is 6.26. The molecule has 0 saturated heterocycles. The molecule has 0 aliphatic heterocycles. The minimum atomic E-state index is -4.40. The molecule has 2 rings (SSSR count). The summed E-state index contributed by atoms with van der Waals surface area (Å²) >= 11 is 0. The summed E-state index contributed by atoms with van der Waals surface area (Å²) in [6, 6.07) is 12.6. The lowest BCUT2D eigenvalue weighted by atomic mass is 10.1. The number of benzene rings is 2. The quantitative estimate of drug-likeness (QED) is 0.603. The van der Waals surface area contributed by atoms with Gasteiger partial charge in [0, 0.05) is 11.1 Å². The van der Waals surface area contributed by atoms with E-state index in [1.54, 1.807) is 12.1 Å². The topological polar surface area (TPSA) is 21.6 Å². The van der Waals surface area contributed by atoms with Gasteiger partial charge in [0.05, 0.1) is 5.56 Å². The van der Waals surface area contributed by atoms with Crippen LogP contribution in [0.3, 0.4) is 0 Å². The minimum Gasteiger partial charge on any atom is -0.390 e. The molecule has 2 aromatic rings. The molecule has 2 nitrogen and oxygen atoms in total. The molecule has 1 radical (unpaired) electrons. The molecule has 0 aliphatic rings. The highest BCUT2D eigenvalue weighted by Crippen LogP contribution is 2.32. The summed E-state index contributed by atoms with van der Waals surface area (Å²) in [6.07, 6.45) is -1.78. The van der Waals surface area contributed by atoms with Crippen molar-refractivity contribution >= 4 is 6.21 Å². The maximum atomic E-state index is 12.8. The smallest absolute Gasteiger partial charge is 0.390 e. The van der Waals surface area contributed by atoms with Gasteiger partial charge < -0.3 is 4.84 Å². The van der Waals surface area contributed by atoms with Gasteiger partial charge in [-0.2, -0.15) is 13.2 Å². The van der Waals surface area contributed by atoms with Gasteiger partial charge in [0.25, 0.3) is 0 Å². The molecule has 0 heterocycles. The largest absolute Gasteiger partial charge is 0.416 e. The maximum Gasteiger partial charge on any atom is 0.416 e. The average molecular weight is 292 g/mol. The molecule has 0 saturated carbocycles. The van der Waals surface area contributed by atoms with Gasteiger partial charge in [-0.1, -0.05) is 53.2 Å². The van der Waals surface area contributed by atoms with Crippen molar-refractivity contribution in [1.29, 1.82) is 0 Å². The molecule has 0 fully saturated rings. The molecular weight excluding hydrogens is 279 g/mol. The van der Waals surface area contributed by atoms with Crippen molar-refractivity contribution in [3.63, 3.8) is 0 Å². The Labute approximate surface area is 120 Å². The number of hydrogen-bond acceptors (Lipinski definition) is 2. The second-order valence-electron chi connectivity index (χ2n) is 4.50. The van der Waals surface area contributed by atoms with Crippen LogP contribution in [-0.2, 0) is 17.6 Å². The highest BCUT2D eigenvalue weighted by molar-refractivity contribution is 5.79. The van der Waals surface area contributed by atoms with Gasteiger partial charge in [-0.05, 0) is 13.0 Å². The fourth-order valence-electron chi connectivity index (χ4n) is 1.74. The van der Waals surface area contributed by atoms with Crippen LogP contribution in [0.25, 0.3) is 0 Å². The molecule has 0 atom stereocenters. The van der Waals surface area contributed by atoms with Gasteiger partial charge in [0.1, 0.15) is 12.8 Å². The van der Waals surface area contributed by atoms with E-state index in [4.69, 9.17) is 4.84 Å². The van der Waals surface area contributed by atoms with Crippen molar-refractivity contribution < 1.29 is 18.0 Å². The van der Waals surface area contributed by atoms with E-state index in [9.17, 15) is 13.2 Å². The number of hydrogen-bond donors (Lipinski definition) is 0. The Balaban J connectivity index is 1.99. The molecule has 0 unspecified atom stereocenters. The maximum absolute atomic E-state index is 12.8. The summed E-state index contributed by atoms with van der Waals surface area (Å²) in [6.45, 7) is 1.69. The predicted octanol–water partition coefficient (Wildman–Crippen LogP) is 4.44. The Kier molecular flexibility index (Phi) is 4.62. The van der Waals surface area contributed by atoms with Crippen LogP contribution in [0.1, 0.15) is 22.3 Å². The van der Waals surface area contributed by atoms with E-state index in [-0.39, 0.29) is 12.2 Å². The Morgan fingerprint density at radius 1 is 1.05 bits per heavy atom. The first-order chi connectivity index (χ1) is 9.97. The number of halogens is 3. The first kappa shape index (κ1) is 15.1. The van der Waals surface area contributed by atoms with Gasteiger partial charge in [-0.15, -0.1) is 0 Å². The van der Waals surface area contributed by atoms with Crippen molar-refractivity contribution in [1.82, 2.24) is 0 Å². The normalized spacial score (nSPS) is 11.8. The van der Waals surface area contributed by atoms with Gasteiger partial charge in [0.15, 0.2) is 0 Å². The summed E-state index contributed by atoms with van der Waals surface area (Å²) in [5.74, 6) is 0. The average Bonchev–Trinajstić information content (AvgIpc) is 2.45. The van der Waals surface area contributed by atoms with Crippen molar-refractivity contribution in [2.24, 2.45) is 5.16 Å². The molecule has 0 bridgehead atoms. The minimum absolute atomic E-state index is 0.0412. The second kappa shape index (κ2) is 6.43. The highest BCUT2D eigenvalue weighted by atomic mass is 19.4. The summed E-state index contributed by atoms with van der Waals surface area (Å²) in [5, 5.41) is 3.57. The second-order valence-corrected chi connectivity index (χ2v) is 4.50. The zero-order valence-corrected chi connectivity index (χ0v) is 11.3. The van der Waals surface area contributed by atoms with Crippen molar-refractivity contribution in [2.75, 3.05) is 0 Å². The monoisotopic (exact) mass is 292 g/mol. The Hall–Kier alpha value is -2.30. The van der Waals surface area contributed by atoms with Crippen molar-refractivity contribution in [2.45, 2.75) is 19.7 Å². The van der Waals surface area contributed by atoms with Crippen LogP contribution in [0.2, 0.25) is 0 Å². The molecule has 109 valence electrons. The number of nitrogens with zero attached hydrogens (tertiary/aromatic N) is 1. The predicted molar refractivity (Wildman–Crippen MR) is 73.9 cm³/mol. The van der Waals surface area contributed by atoms with Crippen LogP contribution in [0.4, 0.5) is 13.2 Å². The van der Waals surface area contributed by atoms with Crippen LogP contribution in [0.5, 0.6) is 0 Å². The van der Waals surface area contributed by atoms with E-state index in [1.165, 1.54) is 18.2 Å². The number of rotatable bonds is 4. The zero-order valence-electron chi connectivity index (χ0n) is 11.3. The van der Waals surface area contributed by atoms with Crippen molar-refractivity contribution in [3.05, 3.63) is 70.8 Å². The number of alkyl halides is 3. The zero-order chi connectivity index (χ0) is 15.3. The molecule has 0 aliphatic carbocycles. The third-order valence-corrected chi connectivity index (χ3v) is 2.83. The Morgan fingerprint density at radius 2 is 1.71 bits per heavy atom. The van der Waals surface area contributed by atoms with Gasteiger partial charge in [0.2, 0.25) is 0 Å². The molecule has 0 amide bonds. The summed E-state index contributed by atoms with van der Waals surface area (Å²) in [7, 11) is 0. The summed E-state index contributed by atoms with van der Waals surface area (Å²) in [5.41, 5.74) is 1.13. The van der Waals surface area contributed by atoms with E-state index in [2.05, 4.69) is 11.4 Å². The van der Waals surface area contributed by atoms with E-state index >= 15 is 0 Å². The molecule has 5 heteroatoms. The summed E-state index contributed by atoms with van der Waals surface area (Å²) in [4.78, 5) is 4.90. The van der Waals surface area contributed by atoms with Crippen LogP contribution in [-0.4, -0.2) is 6.21 Å². The SMILES string of the molecule is Cc1ccc(/[C]=N\OCc2ccccc2C(F)(F)F)cc1. The third-order valence-electron chi connectivity index (χ3n) is 2.83. The molecule has 0 aromatic heterocycles. The molecule has 21 heavy (non-hydrogen) atoms. The first-order valence-electron chi connectivity index (χ1n) is 6.26. The van der Waals surface area contributed by atoms with Crippen LogP contribution < -0.4 is 0 Å². The lowest BCUT2D eigenvalue weighted by Gasteiger charge is -2.11. The standard InChI is InChI=1S/C16H13F3NO/c1-12-6-8-13(9-7-12)10-20-21-11-14-4-2-3-5-15(14)16(17,18)19/h2-9H,11H2,1H3. The van der Waals surface area contributed by atoms with E-state index in [0.717, 1.165) is 11.6 Å². The molecule has 0 spiro atoms.